The van der Waals surface area contributed by atoms with Gasteiger partial charge in [0.05, 0.1) is 13.2 Å². The molecule has 0 aromatic heterocycles. The molecule has 0 saturated carbocycles. The maximum atomic E-state index is 11.6. The Morgan fingerprint density at radius 2 is 2.06 bits per heavy atom. The van der Waals surface area contributed by atoms with Gasteiger partial charge in [0.15, 0.2) is 0 Å². The highest BCUT2D eigenvalue weighted by Crippen LogP contribution is 2.22. The molecule has 0 bridgehead atoms. The van der Waals surface area contributed by atoms with E-state index in [4.69, 9.17) is 4.74 Å². The second-order valence-electron chi connectivity index (χ2n) is 4.45. The number of ether oxygens (including phenoxy) is 1. The molecule has 2 heterocycles. The number of amides is 1. The van der Waals surface area contributed by atoms with Gasteiger partial charge in [-0.25, -0.2) is 0 Å². The van der Waals surface area contributed by atoms with Gasteiger partial charge >= 0.3 is 0 Å². The number of carbonyl (C=O) groups excluding carboxylic acids is 1. The summed E-state index contributed by atoms with van der Waals surface area (Å²) in [6.07, 6.45) is 0.930. The molecule has 17 heavy (non-hydrogen) atoms. The molecular weight excluding hydrogens is 216 g/mol. The van der Waals surface area contributed by atoms with Gasteiger partial charge in [0.25, 0.3) is 5.91 Å². The normalized spacial score (nSPS) is 19.8. The number of hydrogen-bond acceptors (Lipinski definition) is 3. The van der Waals surface area contributed by atoms with Crippen LogP contribution in [0.3, 0.4) is 0 Å². The first-order chi connectivity index (χ1) is 8.34. The molecule has 1 amide bonds. The maximum Gasteiger partial charge on any atom is 0.251 e. The largest absolute Gasteiger partial charge is 0.378 e. The number of carbonyl (C=O) groups is 1. The molecule has 0 radical (unpaired) electrons. The average Bonchev–Trinajstić information content (AvgIpc) is 2.40. The van der Waals surface area contributed by atoms with E-state index in [1.165, 1.54) is 5.69 Å². The lowest BCUT2D eigenvalue weighted by Gasteiger charge is -2.30. The van der Waals surface area contributed by atoms with Gasteiger partial charge in [-0.1, -0.05) is 0 Å². The number of benzene rings is 1. The number of hydrogen-bond donors (Lipinski definition) is 1. The van der Waals surface area contributed by atoms with Gasteiger partial charge in [-0.2, -0.15) is 0 Å². The van der Waals surface area contributed by atoms with E-state index in [1.807, 2.05) is 12.1 Å². The van der Waals surface area contributed by atoms with Crippen molar-refractivity contribution in [3.63, 3.8) is 0 Å². The molecule has 4 heteroatoms. The Labute approximate surface area is 101 Å². The SMILES string of the molecule is O=C1NCCc2cc(N3CCOCC3)ccc21. The number of fused-ring (bicyclic) bond motifs is 1. The molecule has 0 aliphatic carbocycles. The Hall–Kier alpha value is -1.55. The zero-order chi connectivity index (χ0) is 11.7. The topological polar surface area (TPSA) is 41.6 Å². The summed E-state index contributed by atoms with van der Waals surface area (Å²) in [4.78, 5) is 13.9. The summed E-state index contributed by atoms with van der Waals surface area (Å²) < 4.78 is 5.35. The number of nitrogens with one attached hydrogen (secondary N) is 1. The fourth-order valence-electron chi connectivity index (χ4n) is 2.43. The van der Waals surface area contributed by atoms with Crippen LogP contribution in [0.15, 0.2) is 18.2 Å². The van der Waals surface area contributed by atoms with Crippen molar-refractivity contribution in [3.8, 4) is 0 Å². The minimum absolute atomic E-state index is 0.0553. The number of anilines is 1. The summed E-state index contributed by atoms with van der Waals surface area (Å²) in [6, 6.07) is 6.13. The second-order valence-corrected chi connectivity index (χ2v) is 4.45. The van der Waals surface area contributed by atoms with Gasteiger partial charge in [-0.15, -0.1) is 0 Å². The zero-order valence-electron chi connectivity index (χ0n) is 9.74. The minimum Gasteiger partial charge on any atom is -0.378 e. The molecule has 0 atom stereocenters. The lowest BCUT2D eigenvalue weighted by molar-refractivity contribution is 0.0946. The summed E-state index contributed by atoms with van der Waals surface area (Å²) in [7, 11) is 0. The molecule has 1 aromatic carbocycles. The van der Waals surface area contributed by atoms with Crippen LogP contribution >= 0.6 is 0 Å². The van der Waals surface area contributed by atoms with E-state index in [9.17, 15) is 4.79 Å². The first kappa shape index (κ1) is 10.6. The van der Waals surface area contributed by atoms with Crippen molar-refractivity contribution < 1.29 is 9.53 Å². The Balaban J connectivity index is 1.89. The molecule has 2 aliphatic heterocycles. The highest BCUT2D eigenvalue weighted by Gasteiger charge is 2.18. The van der Waals surface area contributed by atoms with Gasteiger partial charge in [0.1, 0.15) is 0 Å². The molecule has 3 rings (SSSR count). The van der Waals surface area contributed by atoms with Gasteiger partial charge < -0.3 is 15.0 Å². The Kier molecular flexibility index (Phi) is 2.73. The Morgan fingerprint density at radius 1 is 1.24 bits per heavy atom. The third-order valence-corrected chi connectivity index (χ3v) is 3.39. The smallest absolute Gasteiger partial charge is 0.251 e. The molecule has 1 saturated heterocycles. The van der Waals surface area contributed by atoms with Crippen molar-refractivity contribution in [3.05, 3.63) is 29.3 Å². The maximum absolute atomic E-state index is 11.6. The lowest BCUT2D eigenvalue weighted by atomic mass is 9.99. The summed E-state index contributed by atoms with van der Waals surface area (Å²) in [6.45, 7) is 4.20. The third kappa shape index (κ3) is 2.00. The van der Waals surface area contributed by atoms with E-state index in [2.05, 4.69) is 16.3 Å². The van der Waals surface area contributed by atoms with E-state index in [-0.39, 0.29) is 5.91 Å². The predicted molar refractivity (Wildman–Crippen MR) is 65.5 cm³/mol. The lowest BCUT2D eigenvalue weighted by Crippen LogP contribution is -2.37. The van der Waals surface area contributed by atoms with Crippen LogP contribution in [0.4, 0.5) is 5.69 Å². The van der Waals surface area contributed by atoms with Crippen LogP contribution in [0.1, 0.15) is 15.9 Å². The van der Waals surface area contributed by atoms with Crippen LogP contribution in [-0.2, 0) is 11.2 Å². The summed E-state index contributed by atoms with van der Waals surface area (Å²) in [5.74, 6) is 0.0553. The van der Waals surface area contributed by atoms with E-state index in [0.717, 1.165) is 50.4 Å². The first-order valence-electron chi connectivity index (χ1n) is 6.08. The van der Waals surface area contributed by atoms with Gasteiger partial charge in [-0.3, -0.25) is 4.79 Å². The van der Waals surface area contributed by atoms with Crippen molar-refractivity contribution in [2.75, 3.05) is 37.7 Å². The van der Waals surface area contributed by atoms with Crippen molar-refractivity contribution in [1.82, 2.24) is 5.32 Å². The van der Waals surface area contributed by atoms with Crippen molar-refractivity contribution in [1.29, 1.82) is 0 Å². The molecule has 2 aliphatic rings. The van der Waals surface area contributed by atoms with Crippen LogP contribution in [0.2, 0.25) is 0 Å². The fraction of sp³-hybridized carbons (Fsp3) is 0.462. The highest BCUT2D eigenvalue weighted by molar-refractivity contribution is 5.97. The molecule has 1 fully saturated rings. The van der Waals surface area contributed by atoms with Crippen LogP contribution in [0.25, 0.3) is 0 Å². The van der Waals surface area contributed by atoms with E-state index in [1.54, 1.807) is 0 Å². The second kappa shape index (κ2) is 4.37. The average molecular weight is 232 g/mol. The molecule has 1 N–H and O–H groups in total. The number of morpholine rings is 1. The predicted octanol–water partition coefficient (Wildman–Crippen LogP) is 0.809. The van der Waals surface area contributed by atoms with Crippen LogP contribution < -0.4 is 10.2 Å². The molecule has 4 nitrogen and oxygen atoms in total. The van der Waals surface area contributed by atoms with E-state index < -0.39 is 0 Å². The standard InChI is InChI=1S/C13H16N2O2/c16-13-12-2-1-11(9-10(12)3-4-14-13)15-5-7-17-8-6-15/h1-2,9H,3-8H2,(H,14,16). The van der Waals surface area contributed by atoms with Crippen molar-refractivity contribution in [2.24, 2.45) is 0 Å². The van der Waals surface area contributed by atoms with Crippen LogP contribution in [-0.4, -0.2) is 38.8 Å². The minimum atomic E-state index is 0.0553. The zero-order valence-corrected chi connectivity index (χ0v) is 9.74. The third-order valence-electron chi connectivity index (χ3n) is 3.39. The quantitative estimate of drug-likeness (QED) is 0.779. The Bertz CT molecular complexity index is 439. The number of rotatable bonds is 1. The molecule has 0 unspecified atom stereocenters. The van der Waals surface area contributed by atoms with Crippen LogP contribution in [0.5, 0.6) is 0 Å². The fourth-order valence-corrected chi connectivity index (χ4v) is 2.43. The summed E-state index contributed by atoms with van der Waals surface area (Å²) in [5.41, 5.74) is 3.20. The van der Waals surface area contributed by atoms with E-state index >= 15 is 0 Å². The monoisotopic (exact) mass is 232 g/mol. The molecular formula is C13H16N2O2. The molecule has 0 spiro atoms. The van der Waals surface area contributed by atoms with Gasteiger partial charge in [-0.05, 0) is 30.2 Å². The highest BCUT2D eigenvalue weighted by atomic mass is 16.5. The summed E-state index contributed by atoms with van der Waals surface area (Å²) >= 11 is 0. The first-order valence-corrected chi connectivity index (χ1v) is 6.08. The molecule has 1 aromatic rings. The van der Waals surface area contributed by atoms with Gasteiger partial charge in [0.2, 0.25) is 0 Å². The van der Waals surface area contributed by atoms with E-state index in [0.29, 0.717) is 0 Å². The van der Waals surface area contributed by atoms with Gasteiger partial charge in [0, 0.05) is 30.9 Å². The molecule has 90 valence electrons. The van der Waals surface area contributed by atoms with Crippen molar-refractivity contribution >= 4 is 11.6 Å². The van der Waals surface area contributed by atoms with Crippen molar-refractivity contribution in [2.45, 2.75) is 6.42 Å². The number of nitrogens with zero attached hydrogens (tertiary/aromatic N) is 1. The Morgan fingerprint density at radius 3 is 2.88 bits per heavy atom. The summed E-state index contributed by atoms with van der Waals surface area (Å²) in [5, 5.41) is 2.86. The van der Waals surface area contributed by atoms with Crippen LogP contribution in [0, 0.1) is 0 Å².